The van der Waals surface area contributed by atoms with Crippen molar-refractivity contribution in [3.63, 3.8) is 0 Å². The Morgan fingerprint density at radius 3 is 1.50 bits per heavy atom. The Morgan fingerprint density at radius 1 is 0.693 bits per heavy atom. The van der Waals surface area contributed by atoms with Crippen molar-refractivity contribution in [3.8, 4) is 45.8 Å². The number of alkyl halides is 13. The first kappa shape index (κ1) is 70.9. The highest BCUT2D eigenvalue weighted by atomic mass is 79.9. The van der Waals surface area contributed by atoms with Crippen molar-refractivity contribution in [2.24, 2.45) is 0 Å². The lowest BCUT2D eigenvalue weighted by molar-refractivity contribution is -0.195. The summed E-state index contributed by atoms with van der Waals surface area (Å²) < 4.78 is 121. The lowest BCUT2D eigenvalue weighted by atomic mass is 10.2. The van der Waals surface area contributed by atoms with Crippen LogP contribution in [0.15, 0.2) is 137 Å². The first-order chi connectivity index (χ1) is 40.9. The third-order valence-electron chi connectivity index (χ3n) is 10.6. The van der Waals surface area contributed by atoms with Gasteiger partial charge < -0.3 is 45.6 Å². The average molecular weight is 1430 g/mol. The zero-order valence-corrected chi connectivity index (χ0v) is 49.3. The molecule has 0 radical (unpaired) electrons. The Balaban J connectivity index is 0.000000231. The first-order valence-electron chi connectivity index (χ1n) is 23.6. The van der Waals surface area contributed by atoms with Crippen LogP contribution in [0, 0.1) is 11.6 Å². The van der Waals surface area contributed by atoms with Crippen molar-refractivity contribution in [1.82, 2.24) is 54.8 Å². The van der Waals surface area contributed by atoms with Crippen LogP contribution in [-0.2, 0) is 27.3 Å². The number of rotatable bonds is 10. The number of carbonyl (C=O) groups is 2. The summed E-state index contributed by atoms with van der Waals surface area (Å²) in [5, 5.41) is 24.3. The molecule has 0 spiro atoms. The summed E-state index contributed by atoms with van der Waals surface area (Å²) in [5.41, 5.74) is 21.2. The van der Waals surface area contributed by atoms with E-state index < -0.39 is 62.5 Å². The minimum atomic E-state index is -4.72. The van der Waals surface area contributed by atoms with E-state index in [9.17, 15) is 44.7 Å². The molecule has 2 atom stereocenters. The number of aromatic nitrogens is 11. The van der Waals surface area contributed by atoms with Crippen LogP contribution in [0.2, 0.25) is 0 Å². The predicted octanol–water partition coefficient (Wildman–Crippen LogP) is 12.8. The van der Waals surface area contributed by atoms with Gasteiger partial charge in [-0.15, -0.1) is 0 Å². The summed E-state index contributed by atoms with van der Waals surface area (Å²) >= 11 is 32.7. The van der Waals surface area contributed by atoms with Gasteiger partial charge in [0, 0.05) is 41.0 Å². The number of hydrogen-bond donors (Lipinski definition) is 4. The number of carbonyl (C=O) groups excluding carboxylic acids is 2. The van der Waals surface area contributed by atoms with Gasteiger partial charge >= 0.3 is 32.6 Å². The molecule has 0 saturated carbocycles. The van der Waals surface area contributed by atoms with Gasteiger partial charge in [0.25, 0.3) is 0 Å². The summed E-state index contributed by atoms with van der Waals surface area (Å²) in [6.07, 6.45) is -7.49. The number of hydrogen-bond acceptors (Lipinski definition) is 20. The van der Waals surface area contributed by atoms with Crippen LogP contribution in [0.4, 0.5) is 67.7 Å². The van der Waals surface area contributed by atoms with E-state index >= 15 is 0 Å². The molecule has 23 nitrogen and oxygen atoms in total. The van der Waals surface area contributed by atoms with E-state index in [4.69, 9.17) is 101 Å². The lowest BCUT2D eigenvalue weighted by Gasteiger charge is -2.15. The SMILES string of the molecule is C.Nc1cnc(-c2cc(-c3ccon3)n(Cc3ccccc3F)n2)nc1N.Nc1nc(-c2cc(-c3ccon3)n(Cc3ccccc3F)n2)ncc1N1CC(C(F)(F)F)OC1=O.O=C(OC(Cl)(Cl)Cl)OC(Cl)(Cl)Cl.OC(CBr)C(F)(F)F.c1ccncc1. The van der Waals surface area contributed by atoms with Gasteiger partial charge in [-0.25, -0.2) is 38.3 Å². The third kappa shape index (κ3) is 21.2. The van der Waals surface area contributed by atoms with Crippen molar-refractivity contribution in [2.45, 2.75) is 53.0 Å². The normalized spacial score (nSPS) is 13.3. The topological polar surface area (TPSA) is 316 Å². The van der Waals surface area contributed by atoms with Crippen LogP contribution in [0.3, 0.4) is 0 Å². The Labute approximate surface area is 529 Å². The maximum atomic E-state index is 14.2. The maximum Gasteiger partial charge on any atom is 0.515 e. The molecule has 1 aliphatic heterocycles. The van der Waals surface area contributed by atoms with Crippen molar-refractivity contribution in [2.75, 3.05) is 34.0 Å². The number of anilines is 4. The van der Waals surface area contributed by atoms with E-state index in [2.05, 4.69) is 75.6 Å². The van der Waals surface area contributed by atoms with Crippen molar-refractivity contribution < 1.29 is 73.1 Å². The van der Waals surface area contributed by atoms with Gasteiger partial charge in [0.15, 0.2) is 29.4 Å². The zero-order chi connectivity index (χ0) is 63.9. The van der Waals surface area contributed by atoms with Crippen LogP contribution in [0.25, 0.3) is 45.8 Å². The highest BCUT2D eigenvalue weighted by molar-refractivity contribution is 9.09. The van der Waals surface area contributed by atoms with Gasteiger partial charge in [0.2, 0.25) is 6.10 Å². The highest BCUT2D eigenvalue weighted by Crippen LogP contribution is 2.35. The molecular formula is C50H42BrCl6F8N15O8. The van der Waals surface area contributed by atoms with Crippen LogP contribution in [0.1, 0.15) is 18.6 Å². The molecule has 2 aromatic carbocycles. The van der Waals surface area contributed by atoms with Crippen LogP contribution in [-0.4, -0.2) is 117 Å². The van der Waals surface area contributed by atoms with E-state index in [1.165, 1.54) is 35.5 Å². The molecule has 1 aliphatic rings. The number of amides is 1. The Hall–Kier alpha value is -7.85. The van der Waals surface area contributed by atoms with Gasteiger partial charge in [0.1, 0.15) is 52.6 Å². The van der Waals surface area contributed by atoms with Crippen LogP contribution >= 0.6 is 85.5 Å². The fourth-order valence-corrected chi connectivity index (χ4v) is 7.40. The number of nitrogens with two attached hydrogens (primary N) is 3. The molecule has 0 aliphatic carbocycles. The Kier molecular flexibility index (Phi) is 25.3. The molecule has 1 saturated heterocycles. The Bertz CT molecular complexity index is 3640. The van der Waals surface area contributed by atoms with Crippen molar-refractivity contribution >= 4 is 121 Å². The number of nitrogen functional groups attached to an aromatic ring is 3. The summed E-state index contributed by atoms with van der Waals surface area (Å²) in [5.74, 6) is -0.473. The quantitative estimate of drug-likeness (QED) is 0.0561. The highest BCUT2D eigenvalue weighted by Gasteiger charge is 2.50. The van der Waals surface area contributed by atoms with E-state index in [0.29, 0.717) is 45.4 Å². The lowest BCUT2D eigenvalue weighted by Crippen LogP contribution is -2.33. The van der Waals surface area contributed by atoms with Gasteiger partial charge in [0.05, 0.1) is 49.1 Å². The van der Waals surface area contributed by atoms with Crippen molar-refractivity contribution in [1.29, 1.82) is 0 Å². The minimum absolute atomic E-state index is 0. The molecule has 10 rings (SSSR count). The second kappa shape index (κ2) is 31.4. The number of ether oxygens (including phenoxy) is 3. The number of aliphatic hydroxyl groups excluding tert-OH is 1. The largest absolute Gasteiger partial charge is 0.515 e. The maximum absolute atomic E-state index is 14.2. The molecule has 0 bridgehead atoms. The molecule has 88 heavy (non-hydrogen) atoms. The zero-order valence-electron chi connectivity index (χ0n) is 43.2. The van der Waals surface area contributed by atoms with Crippen molar-refractivity contribution in [3.05, 3.63) is 151 Å². The van der Waals surface area contributed by atoms with E-state index in [0.717, 1.165) is 11.1 Å². The predicted molar refractivity (Wildman–Crippen MR) is 310 cm³/mol. The van der Waals surface area contributed by atoms with Gasteiger partial charge in [-0.05, 0) is 106 Å². The summed E-state index contributed by atoms with van der Waals surface area (Å²) in [6, 6.07) is 25.0. The smallest absolute Gasteiger partial charge is 0.434 e. The number of benzene rings is 2. The molecule has 38 heteroatoms. The monoisotopic (exact) mass is 1420 g/mol. The van der Waals surface area contributed by atoms with E-state index in [1.54, 1.807) is 77.7 Å². The molecular weight excluding hydrogens is 1380 g/mol. The number of nitrogens with zero attached hydrogens (tertiary/aromatic N) is 12. The second-order valence-electron chi connectivity index (χ2n) is 16.7. The first-order valence-corrected chi connectivity index (χ1v) is 27.0. The number of cyclic esters (lactones) is 1. The molecule has 2 unspecified atom stereocenters. The fraction of sp³-hybridized carbons (Fsp3) is 0.220. The van der Waals surface area contributed by atoms with E-state index in [1.807, 2.05) is 18.2 Å². The van der Waals surface area contributed by atoms with Gasteiger partial charge in [-0.1, -0.05) is 76.1 Å². The van der Waals surface area contributed by atoms with Crippen LogP contribution in [0.5, 0.6) is 0 Å². The van der Waals surface area contributed by atoms with Crippen LogP contribution < -0.4 is 22.1 Å². The number of halogens is 15. The third-order valence-corrected chi connectivity index (χ3v) is 11.7. The standard InChI is InChI=1S/C21H15F4N7O3.C17H14FN7O.C5H5N.C3H4BrF3O.C3Cl6O3.CH4/c22-12-4-2-1-3-11(12)9-32-15(13-5-6-34-30-13)7-14(29-32)19-27-8-16(18(26)28-19)31-10-17(21(23,24)25)35-20(31)33;18-11-4-2-1-3-10(11)9-25-15(13-5-6-26-24-13)7-14(23-25)17-21-8-12(19)16(20)22-17;1-2-4-6-5-3-1;4-1-2(8)3(5,6)7;4-2(5,6)11-1(10)12-3(7,8)9;/h1-8,17H,9-10H2,(H2,26,27,28);1-8H,9,19H2,(H2,20,21,22);1-5H;2,8H,1H2;;1H4. The summed E-state index contributed by atoms with van der Waals surface area (Å²) in [6.45, 7) is -0.511. The van der Waals surface area contributed by atoms with E-state index in [-0.39, 0.29) is 60.9 Å². The number of pyridine rings is 1. The molecule has 7 aromatic heterocycles. The molecule has 7 N–H and O–H groups in total. The average Bonchev–Trinajstić information content (AvgIpc) is 4.27. The molecule has 9 aromatic rings. The Morgan fingerprint density at radius 2 is 1.16 bits per heavy atom. The summed E-state index contributed by atoms with van der Waals surface area (Å²) in [4.78, 5) is 43.5. The molecule has 8 heterocycles. The molecule has 1 fully saturated rings. The molecule has 470 valence electrons. The van der Waals surface area contributed by atoms with Gasteiger partial charge in [-0.2, -0.15) is 36.5 Å². The number of aliphatic hydroxyl groups is 1. The summed E-state index contributed by atoms with van der Waals surface area (Å²) in [7, 11) is 0. The van der Waals surface area contributed by atoms with Gasteiger partial charge in [-0.3, -0.25) is 19.2 Å². The molecule has 1 amide bonds. The fourth-order valence-electron chi connectivity index (χ4n) is 6.66. The minimum Gasteiger partial charge on any atom is -0.434 e. The second-order valence-corrected chi connectivity index (χ2v) is 21.7.